The van der Waals surface area contributed by atoms with Gasteiger partial charge in [-0.25, -0.2) is 5.43 Å². The van der Waals surface area contributed by atoms with Crippen LogP contribution in [0.3, 0.4) is 0 Å². The Labute approximate surface area is 154 Å². The van der Waals surface area contributed by atoms with Crippen molar-refractivity contribution in [2.45, 2.75) is 20.0 Å². The van der Waals surface area contributed by atoms with Gasteiger partial charge in [0.15, 0.2) is 0 Å². The van der Waals surface area contributed by atoms with Gasteiger partial charge in [-0.3, -0.25) is 9.59 Å². The van der Waals surface area contributed by atoms with E-state index in [0.29, 0.717) is 11.3 Å². The number of rotatable bonds is 5. The predicted molar refractivity (Wildman–Crippen MR) is 96.4 cm³/mol. The number of nitrogens with one attached hydrogen (secondary N) is 2. The highest BCUT2D eigenvalue weighted by Crippen LogP contribution is 2.29. The van der Waals surface area contributed by atoms with Crippen LogP contribution in [0.1, 0.15) is 35.3 Å². The Morgan fingerprint density at radius 2 is 1.74 bits per heavy atom. The average molecular weight is 377 g/mol. The zero-order valence-electron chi connectivity index (χ0n) is 14.7. The van der Waals surface area contributed by atoms with Gasteiger partial charge in [-0.2, -0.15) is 18.3 Å². The Morgan fingerprint density at radius 3 is 2.33 bits per heavy atom. The van der Waals surface area contributed by atoms with Crippen LogP contribution in [0.25, 0.3) is 0 Å². The SMILES string of the molecule is CC(C)C(=O)Nc1ccc(C(=O)NN=Cc2cccc(C(F)(F)F)c2)cc1. The van der Waals surface area contributed by atoms with Gasteiger partial charge in [0.1, 0.15) is 0 Å². The first-order valence-corrected chi connectivity index (χ1v) is 8.08. The maximum absolute atomic E-state index is 12.7. The van der Waals surface area contributed by atoms with Crippen molar-refractivity contribution in [2.24, 2.45) is 11.0 Å². The van der Waals surface area contributed by atoms with Crippen LogP contribution in [0.5, 0.6) is 0 Å². The summed E-state index contributed by atoms with van der Waals surface area (Å²) >= 11 is 0. The van der Waals surface area contributed by atoms with Gasteiger partial charge in [-0.15, -0.1) is 0 Å². The van der Waals surface area contributed by atoms with Gasteiger partial charge in [0.2, 0.25) is 5.91 Å². The van der Waals surface area contributed by atoms with Crippen LogP contribution < -0.4 is 10.7 Å². The fourth-order valence-corrected chi connectivity index (χ4v) is 2.02. The molecule has 0 aliphatic carbocycles. The molecule has 0 atom stereocenters. The number of nitrogens with zero attached hydrogens (tertiary/aromatic N) is 1. The lowest BCUT2D eigenvalue weighted by Crippen LogP contribution is -2.19. The summed E-state index contributed by atoms with van der Waals surface area (Å²) in [4.78, 5) is 23.6. The number of halogens is 3. The van der Waals surface area contributed by atoms with E-state index in [2.05, 4.69) is 15.8 Å². The van der Waals surface area contributed by atoms with E-state index in [4.69, 9.17) is 0 Å². The molecule has 0 aromatic heterocycles. The van der Waals surface area contributed by atoms with Gasteiger partial charge in [0, 0.05) is 17.2 Å². The van der Waals surface area contributed by atoms with Crippen LogP contribution in [0.15, 0.2) is 53.6 Å². The standard InChI is InChI=1S/C19H18F3N3O2/c1-12(2)17(26)24-16-8-6-14(7-9-16)18(27)25-23-11-13-4-3-5-15(10-13)19(20,21)22/h3-12H,1-2H3,(H,24,26)(H,25,27). The second kappa shape index (κ2) is 8.48. The molecule has 0 unspecified atom stereocenters. The van der Waals surface area contributed by atoms with Crippen LogP contribution in [-0.4, -0.2) is 18.0 Å². The molecule has 0 heterocycles. The minimum Gasteiger partial charge on any atom is -0.326 e. The molecule has 2 aromatic carbocycles. The summed E-state index contributed by atoms with van der Waals surface area (Å²) in [6.45, 7) is 3.53. The monoisotopic (exact) mass is 377 g/mol. The van der Waals surface area contributed by atoms with Crippen molar-refractivity contribution >= 4 is 23.7 Å². The largest absolute Gasteiger partial charge is 0.416 e. The normalized spacial score (nSPS) is 11.6. The Bertz CT molecular complexity index is 844. The van der Waals surface area contributed by atoms with E-state index >= 15 is 0 Å². The topological polar surface area (TPSA) is 70.6 Å². The molecule has 0 bridgehead atoms. The van der Waals surface area contributed by atoms with E-state index in [9.17, 15) is 22.8 Å². The van der Waals surface area contributed by atoms with E-state index in [0.717, 1.165) is 18.3 Å². The molecule has 2 aromatic rings. The summed E-state index contributed by atoms with van der Waals surface area (Å²) in [6, 6.07) is 10.7. The average Bonchev–Trinajstić information content (AvgIpc) is 2.61. The van der Waals surface area contributed by atoms with Gasteiger partial charge in [-0.05, 0) is 42.0 Å². The quantitative estimate of drug-likeness (QED) is 0.609. The minimum absolute atomic E-state index is 0.141. The minimum atomic E-state index is -4.44. The number of anilines is 1. The maximum Gasteiger partial charge on any atom is 0.416 e. The summed E-state index contributed by atoms with van der Waals surface area (Å²) in [6.07, 6.45) is -3.32. The lowest BCUT2D eigenvalue weighted by Gasteiger charge is -2.08. The fraction of sp³-hybridized carbons (Fsp3) is 0.211. The molecule has 0 fully saturated rings. The number of hydrazone groups is 1. The first-order chi connectivity index (χ1) is 12.7. The van der Waals surface area contributed by atoms with Crippen LogP contribution in [0.2, 0.25) is 0 Å². The van der Waals surface area contributed by atoms with Crippen molar-refractivity contribution in [2.75, 3.05) is 5.32 Å². The summed E-state index contributed by atoms with van der Waals surface area (Å²) in [5.41, 5.74) is 2.50. The smallest absolute Gasteiger partial charge is 0.326 e. The first-order valence-electron chi connectivity index (χ1n) is 8.08. The van der Waals surface area contributed by atoms with Crippen molar-refractivity contribution in [3.8, 4) is 0 Å². The van der Waals surface area contributed by atoms with Crippen molar-refractivity contribution in [3.63, 3.8) is 0 Å². The molecule has 2 rings (SSSR count). The Hall–Kier alpha value is -3.16. The Morgan fingerprint density at radius 1 is 1.07 bits per heavy atom. The molecule has 0 aliphatic rings. The lowest BCUT2D eigenvalue weighted by molar-refractivity contribution is -0.137. The van der Waals surface area contributed by atoms with Gasteiger partial charge in [-0.1, -0.05) is 26.0 Å². The van der Waals surface area contributed by atoms with Crippen molar-refractivity contribution < 1.29 is 22.8 Å². The number of alkyl halides is 3. The van der Waals surface area contributed by atoms with Crippen LogP contribution in [-0.2, 0) is 11.0 Å². The first kappa shape index (κ1) is 20.2. The van der Waals surface area contributed by atoms with Crippen molar-refractivity contribution in [1.82, 2.24) is 5.43 Å². The number of hydrogen-bond donors (Lipinski definition) is 2. The van der Waals surface area contributed by atoms with Gasteiger partial charge in [0.05, 0.1) is 11.8 Å². The molecule has 2 N–H and O–H groups in total. The molecular weight excluding hydrogens is 359 g/mol. The number of carbonyl (C=O) groups excluding carboxylic acids is 2. The van der Waals surface area contributed by atoms with Crippen molar-refractivity contribution in [3.05, 3.63) is 65.2 Å². The molecule has 2 amide bonds. The molecule has 0 saturated heterocycles. The summed E-state index contributed by atoms with van der Waals surface area (Å²) < 4.78 is 38.0. The van der Waals surface area contributed by atoms with Gasteiger partial charge in [0.25, 0.3) is 5.91 Å². The van der Waals surface area contributed by atoms with Crippen LogP contribution in [0, 0.1) is 5.92 Å². The van der Waals surface area contributed by atoms with E-state index in [1.807, 2.05) is 0 Å². The van der Waals surface area contributed by atoms with Gasteiger partial charge >= 0.3 is 6.18 Å². The van der Waals surface area contributed by atoms with E-state index in [1.165, 1.54) is 24.3 Å². The Kier molecular flexibility index (Phi) is 6.33. The van der Waals surface area contributed by atoms with E-state index in [1.54, 1.807) is 26.0 Å². The second-order valence-corrected chi connectivity index (χ2v) is 6.04. The Balaban J connectivity index is 1.97. The molecule has 5 nitrogen and oxygen atoms in total. The molecule has 0 aliphatic heterocycles. The molecule has 0 saturated carbocycles. The van der Waals surface area contributed by atoms with E-state index < -0.39 is 17.6 Å². The zero-order valence-corrected chi connectivity index (χ0v) is 14.7. The fourth-order valence-electron chi connectivity index (χ4n) is 2.02. The number of carbonyl (C=O) groups is 2. The summed E-state index contributed by atoms with van der Waals surface area (Å²) in [5.74, 6) is -0.837. The highest BCUT2D eigenvalue weighted by Gasteiger charge is 2.30. The molecule has 27 heavy (non-hydrogen) atoms. The van der Waals surface area contributed by atoms with Gasteiger partial charge < -0.3 is 5.32 Å². The van der Waals surface area contributed by atoms with E-state index in [-0.39, 0.29) is 17.4 Å². The molecule has 0 radical (unpaired) electrons. The third kappa shape index (κ3) is 5.95. The number of benzene rings is 2. The highest BCUT2D eigenvalue weighted by atomic mass is 19.4. The predicted octanol–water partition coefficient (Wildman–Crippen LogP) is 4.06. The zero-order chi connectivity index (χ0) is 20.0. The van der Waals surface area contributed by atoms with Crippen LogP contribution in [0.4, 0.5) is 18.9 Å². The third-order valence-corrected chi connectivity index (χ3v) is 3.53. The molecule has 0 spiro atoms. The molecule has 8 heteroatoms. The summed E-state index contributed by atoms with van der Waals surface area (Å²) in [5, 5.41) is 6.37. The molecule has 142 valence electrons. The summed E-state index contributed by atoms with van der Waals surface area (Å²) in [7, 11) is 0. The second-order valence-electron chi connectivity index (χ2n) is 6.04. The third-order valence-electron chi connectivity index (χ3n) is 3.53. The highest BCUT2D eigenvalue weighted by molar-refractivity contribution is 5.96. The number of hydrogen-bond acceptors (Lipinski definition) is 3. The van der Waals surface area contributed by atoms with Crippen molar-refractivity contribution in [1.29, 1.82) is 0 Å². The maximum atomic E-state index is 12.7. The molecular formula is C19H18F3N3O2. The van der Waals surface area contributed by atoms with Crippen LogP contribution >= 0.6 is 0 Å². The number of amides is 2. The lowest BCUT2D eigenvalue weighted by atomic mass is 10.1.